The highest BCUT2D eigenvalue weighted by Crippen LogP contribution is 2.36. The van der Waals surface area contributed by atoms with Crippen LogP contribution in [0.5, 0.6) is 0 Å². The van der Waals surface area contributed by atoms with Gasteiger partial charge in [-0.1, -0.05) is 126 Å². The van der Waals surface area contributed by atoms with Crippen LogP contribution in [0.15, 0.2) is 95.4 Å². The average Bonchev–Trinajstić information content (AvgIpc) is 3.67. The van der Waals surface area contributed by atoms with Crippen molar-refractivity contribution in [3.05, 3.63) is 125 Å². The van der Waals surface area contributed by atoms with Gasteiger partial charge < -0.3 is 4.42 Å². The maximum Gasteiger partial charge on any atom is 0.227 e. The summed E-state index contributed by atoms with van der Waals surface area (Å²) in [5.41, 5.74) is 13.2. The van der Waals surface area contributed by atoms with Crippen LogP contribution >= 0.6 is 0 Å². The van der Waals surface area contributed by atoms with E-state index in [4.69, 9.17) is 14.5 Å². The summed E-state index contributed by atoms with van der Waals surface area (Å²) >= 11 is 0. The van der Waals surface area contributed by atoms with E-state index in [-0.39, 0.29) is 21.7 Å². The number of hydrogen-bond donors (Lipinski definition) is 0. The van der Waals surface area contributed by atoms with Crippen molar-refractivity contribution in [2.75, 3.05) is 0 Å². The van der Waals surface area contributed by atoms with Gasteiger partial charge in [-0.15, -0.1) is 0 Å². The van der Waals surface area contributed by atoms with Gasteiger partial charge in [0.25, 0.3) is 0 Å². The second-order valence-electron chi connectivity index (χ2n) is 17.9. The number of para-hydroxylation sites is 2. The Kier molecular flexibility index (Phi) is 8.83. The fourth-order valence-corrected chi connectivity index (χ4v) is 6.06. The molecule has 0 saturated heterocycles. The van der Waals surface area contributed by atoms with E-state index in [9.17, 15) is 0 Å². The zero-order valence-corrected chi connectivity index (χ0v) is 32.1. The maximum absolute atomic E-state index is 6.08. The molecule has 0 saturated carbocycles. The van der Waals surface area contributed by atoms with Gasteiger partial charge in [-0.3, -0.25) is 0 Å². The van der Waals surface area contributed by atoms with E-state index in [0.717, 1.165) is 39.3 Å². The Morgan fingerprint density at radius 1 is 0.540 bits per heavy atom. The Hall–Kier alpha value is -4.70. The van der Waals surface area contributed by atoms with Gasteiger partial charge in [0.2, 0.25) is 5.89 Å². The summed E-state index contributed by atoms with van der Waals surface area (Å²) in [7, 11) is 0. The molecule has 0 aliphatic heterocycles. The van der Waals surface area contributed by atoms with Crippen LogP contribution in [-0.4, -0.2) is 14.8 Å². The summed E-state index contributed by atoms with van der Waals surface area (Å²) in [6.45, 7) is 27.4. The molecule has 6 aromatic rings. The second kappa shape index (κ2) is 12.6. The lowest BCUT2D eigenvalue weighted by Gasteiger charge is -2.26. The molecule has 4 heteroatoms. The average molecular weight is 664 g/mol. The van der Waals surface area contributed by atoms with Crippen LogP contribution in [-0.2, 0) is 21.7 Å². The molecule has 0 N–H and O–H groups in total. The molecular weight excluding hydrogens is 611 g/mol. The summed E-state index contributed by atoms with van der Waals surface area (Å²) < 4.78 is 8.16. The highest BCUT2D eigenvalue weighted by atomic mass is 16.3. The van der Waals surface area contributed by atoms with Crippen molar-refractivity contribution in [2.24, 2.45) is 0 Å². The smallest absolute Gasteiger partial charge is 0.227 e. The van der Waals surface area contributed by atoms with Crippen LogP contribution in [0.1, 0.15) is 117 Å². The second-order valence-corrected chi connectivity index (χ2v) is 17.9. The normalized spacial score (nSPS) is 13.1. The molecule has 0 atom stereocenters. The molecule has 4 nitrogen and oxygen atoms in total. The Bertz CT molecular complexity index is 2080. The van der Waals surface area contributed by atoms with Gasteiger partial charge in [0.1, 0.15) is 5.52 Å². The fourth-order valence-electron chi connectivity index (χ4n) is 6.06. The number of benzene rings is 4. The first-order valence-corrected chi connectivity index (χ1v) is 17.8. The molecule has 2 aromatic heterocycles. The molecule has 0 fully saturated rings. The van der Waals surface area contributed by atoms with Crippen molar-refractivity contribution in [2.45, 2.75) is 105 Å². The lowest BCUT2D eigenvalue weighted by atomic mass is 9.79. The third-order valence-corrected chi connectivity index (χ3v) is 9.48. The van der Waals surface area contributed by atoms with Crippen molar-refractivity contribution in [1.29, 1.82) is 0 Å². The highest BCUT2D eigenvalue weighted by molar-refractivity contribution is 5.77. The quantitative estimate of drug-likeness (QED) is 0.184. The third kappa shape index (κ3) is 7.55. The van der Waals surface area contributed by atoms with Gasteiger partial charge in [-0.2, -0.15) is 5.10 Å². The van der Waals surface area contributed by atoms with E-state index in [1.807, 2.05) is 24.3 Å². The number of hydrogen-bond acceptors (Lipinski definition) is 3. The Morgan fingerprint density at radius 2 is 1.06 bits per heavy atom. The van der Waals surface area contributed by atoms with Gasteiger partial charge >= 0.3 is 0 Å². The molecule has 0 aliphatic rings. The van der Waals surface area contributed by atoms with Crippen LogP contribution < -0.4 is 0 Å². The highest BCUT2D eigenvalue weighted by Gasteiger charge is 2.23. The molecule has 0 bridgehead atoms. The van der Waals surface area contributed by atoms with Crippen LogP contribution in [0, 0.1) is 0 Å². The van der Waals surface area contributed by atoms with Gasteiger partial charge in [0, 0.05) is 11.1 Å². The summed E-state index contributed by atoms with van der Waals surface area (Å²) in [6, 6.07) is 32.5. The van der Waals surface area contributed by atoms with E-state index >= 15 is 0 Å². The summed E-state index contributed by atoms with van der Waals surface area (Å²) in [6.07, 6.45) is 4.36. The zero-order valence-electron chi connectivity index (χ0n) is 32.1. The van der Waals surface area contributed by atoms with Crippen LogP contribution in [0.2, 0.25) is 0 Å². The molecule has 258 valence electrons. The first-order valence-electron chi connectivity index (χ1n) is 17.8. The topological polar surface area (TPSA) is 43.9 Å². The Balaban J connectivity index is 1.48. The molecule has 0 spiro atoms. The number of nitrogens with zero attached hydrogens (tertiary/aromatic N) is 3. The van der Waals surface area contributed by atoms with Crippen molar-refractivity contribution >= 4 is 23.3 Å². The number of rotatable bonds is 5. The number of aromatic nitrogens is 3. The largest absolute Gasteiger partial charge is 0.436 e. The van der Waals surface area contributed by atoms with Crippen molar-refractivity contribution < 1.29 is 4.42 Å². The molecule has 6 rings (SSSR count). The van der Waals surface area contributed by atoms with Gasteiger partial charge in [-0.25, -0.2) is 9.67 Å². The molecule has 0 aliphatic carbocycles. The molecule has 0 unspecified atom stereocenters. The SMILES string of the molecule is CC(C)(C)c1cc(C=Cc2cc(-c3cc(C(C)(C)C)cc(C(C)(C)C)c3)n(-c3ccc(-c4nc5ccccc5o4)cc3)n2)cc(C(C)(C)C)c1. The lowest BCUT2D eigenvalue weighted by Crippen LogP contribution is -2.16. The van der Waals surface area contributed by atoms with E-state index in [1.165, 1.54) is 27.8 Å². The van der Waals surface area contributed by atoms with Gasteiger partial charge in [-0.05, 0) is 110 Å². The molecule has 50 heavy (non-hydrogen) atoms. The van der Waals surface area contributed by atoms with Crippen LogP contribution in [0.4, 0.5) is 0 Å². The van der Waals surface area contributed by atoms with E-state index in [2.05, 4.69) is 167 Å². The first kappa shape index (κ1) is 35.1. The van der Waals surface area contributed by atoms with Crippen LogP contribution in [0.3, 0.4) is 0 Å². The first-order chi connectivity index (χ1) is 23.3. The predicted octanol–water partition coefficient (Wildman–Crippen LogP) is 12.7. The predicted molar refractivity (Wildman–Crippen MR) is 212 cm³/mol. The minimum atomic E-state index is -0.00629. The van der Waals surface area contributed by atoms with E-state index < -0.39 is 0 Å². The van der Waals surface area contributed by atoms with Crippen molar-refractivity contribution in [3.8, 4) is 28.4 Å². The molecule has 4 aromatic carbocycles. The van der Waals surface area contributed by atoms with Gasteiger partial charge in [0.15, 0.2) is 5.58 Å². The molecule has 0 amide bonds. The molecular formula is C46H53N3O. The number of fused-ring (bicyclic) bond motifs is 1. The Morgan fingerprint density at radius 3 is 1.58 bits per heavy atom. The van der Waals surface area contributed by atoms with Crippen molar-refractivity contribution in [3.63, 3.8) is 0 Å². The summed E-state index contributed by atoms with van der Waals surface area (Å²) in [5.74, 6) is 0.613. The van der Waals surface area contributed by atoms with Crippen molar-refractivity contribution in [1.82, 2.24) is 14.8 Å². The lowest BCUT2D eigenvalue weighted by molar-refractivity contribution is 0.568. The maximum atomic E-state index is 6.08. The molecule has 2 heterocycles. The standard InChI is InChI=1S/C46H53N3O/c1-43(2,3)33-23-30(24-34(27-33)44(4,5)6)17-20-37-29-40(32-25-35(45(7,8)9)28-36(26-32)46(10,11)12)49(48-37)38-21-18-31(19-22-38)42-47-39-15-13-14-16-41(39)50-42/h13-29H,1-12H3. The zero-order chi connectivity index (χ0) is 36.2. The van der Waals surface area contributed by atoms with E-state index in [1.54, 1.807) is 0 Å². The fraction of sp³-hybridized carbons (Fsp3) is 0.348. The minimum Gasteiger partial charge on any atom is -0.436 e. The minimum absolute atomic E-state index is 0.00629. The monoisotopic (exact) mass is 663 g/mol. The summed E-state index contributed by atoms with van der Waals surface area (Å²) in [4.78, 5) is 4.72. The number of oxazole rings is 1. The van der Waals surface area contributed by atoms with Crippen LogP contribution in [0.25, 0.3) is 51.7 Å². The van der Waals surface area contributed by atoms with E-state index in [0.29, 0.717) is 5.89 Å². The molecule has 0 radical (unpaired) electrons. The van der Waals surface area contributed by atoms with Gasteiger partial charge in [0.05, 0.1) is 17.1 Å². The summed E-state index contributed by atoms with van der Waals surface area (Å²) in [5, 5.41) is 5.23. The third-order valence-electron chi connectivity index (χ3n) is 9.48. The Labute approximate surface area is 299 Å².